The zero-order valence-corrected chi connectivity index (χ0v) is 15.0. The molecule has 1 atom stereocenters. The van der Waals surface area contributed by atoms with Gasteiger partial charge in [-0.1, -0.05) is 0 Å². The van der Waals surface area contributed by atoms with Crippen molar-refractivity contribution in [3.63, 3.8) is 0 Å². The molecule has 2 aromatic rings. The molecular formula is C16H25N5OS. The van der Waals surface area contributed by atoms with Crippen molar-refractivity contribution in [2.75, 3.05) is 34.2 Å². The Labute approximate surface area is 141 Å². The topological polar surface area (TPSA) is 65.7 Å². The van der Waals surface area contributed by atoms with Gasteiger partial charge in [-0.15, -0.1) is 11.3 Å². The van der Waals surface area contributed by atoms with Crippen LogP contribution in [0, 0.1) is 6.92 Å². The van der Waals surface area contributed by atoms with Crippen LogP contribution in [0.5, 0.6) is 0 Å². The Bertz CT molecular complexity index is 606. The normalized spacial score (nSPS) is 13.3. The molecule has 0 amide bonds. The molecule has 126 valence electrons. The standard InChI is InChI=1S/C16H25N5OS/c1-12-10-19-15(23-12)7-8-18-16(17-2)20-11-13(21(3)4)14-6-5-9-22-14/h5-6,9-10,13H,7-8,11H2,1-4H3,(H2,17,18,20). The van der Waals surface area contributed by atoms with Crippen LogP contribution in [0.15, 0.2) is 34.0 Å². The van der Waals surface area contributed by atoms with E-state index in [1.54, 1.807) is 24.6 Å². The summed E-state index contributed by atoms with van der Waals surface area (Å²) in [7, 11) is 5.85. The van der Waals surface area contributed by atoms with Gasteiger partial charge < -0.3 is 15.1 Å². The van der Waals surface area contributed by atoms with Crippen molar-refractivity contribution in [1.82, 2.24) is 20.5 Å². The van der Waals surface area contributed by atoms with Crippen LogP contribution in [0.3, 0.4) is 0 Å². The van der Waals surface area contributed by atoms with E-state index in [9.17, 15) is 0 Å². The summed E-state index contributed by atoms with van der Waals surface area (Å²) in [6.45, 7) is 3.60. The second kappa shape index (κ2) is 8.69. The number of nitrogens with one attached hydrogen (secondary N) is 2. The number of aryl methyl sites for hydroxylation is 1. The van der Waals surface area contributed by atoms with Crippen molar-refractivity contribution >= 4 is 17.3 Å². The Morgan fingerprint density at radius 2 is 2.26 bits per heavy atom. The van der Waals surface area contributed by atoms with Crippen molar-refractivity contribution in [2.24, 2.45) is 4.99 Å². The van der Waals surface area contributed by atoms with Crippen LogP contribution in [0.2, 0.25) is 0 Å². The van der Waals surface area contributed by atoms with Gasteiger partial charge in [0.25, 0.3) is 0 Å². The third kappa shape index (κ3) is 5.37. The molecule has 0 saturated heterocycles. The van der Waals surface area contributed by atoms with Gasteiger partial charge in [-0.05, 0) is 33.2 Å². The minimum Gasteiger partial charge on any atom is -0.468 e. The maximum atomic E-state index is 5.52. The fourth-order valence-electron chi connectivity index (χ4n) is 2.24. The molecule has 0 spiro atoms. The first-order valence-corrected chi connectivity index (χ1v) is 8.47. The van der Waals surface area contributed by atoms with Crippen LogP contribution in [0.25, 0.3) is 0 Å². The number of rotatable bonds is 7. The summed E-state index contributed by atoms with van der Waals surface area (Å²) >= 11 is 1.74. The van der Waals surface area contributed by atoms with Gasteiger partial charge in [0.05, 0.1) is 17.3 Å². The third-order valence-corrected chi connectivity index (χ3v) is 4.45. The van der Waals surface area contributed by atoms with Crippen molar-refractivity contribution in [2.45, 2.75) is 19.4 Å². The van der Waals surface area contributed by atoms with Crippen molar-refractivity contribution in [1.29, 1.82) is 0 Å². The van der Waals surface area contributed by atoms with Crippen LogP contribution in [-0.2, 0) is 6.42 Å². The summed E-state index contributed by atoms with van der Waals surface area (Å²) in [5.41, 5.74) is 0. The summed E-state index contributed by atoms with van der Waals surface area (Å²) in [5, 5.41) is 7.82. The Morgan fingerprint density at radius 3 is 2.83 bits per heavy atom. The zero-order chi connectivity index (χ0) is 16.7. The molecule has 0 aromatic carbocycles. The number of furan rings is 1. The van der Waals surface area contributed by atoms with Crippen molar-refractivity contribution < 1.29 is 4.42 Å². The average molecular weight is 335 g/mol. The van der Waals surface area contributed by atoms with Gasteiger partial charge in [-0.25, -0.2) is 4.98 Å². The van der Waals surface area contributed by atoms with Crippen LogP contribution in [0.4, 0.5) is 0 Å². The average Bonchev–Trinajstić information content (AvgIpc) is 3.17. The number of aliphatic imine (C=N–C) groups is 1. The van der Waals surface area contributed by atoms with E-state index in [-0.39, 0.29) is 6.04 Å². The molecule has 2 heterocycles. The summed E-state index contributed by atoms with van der Waals surface area (Å²) in [6, 6.07) is 4.06. The number of guanidine groups is 1. The number of hydrogen-bond acceptors (Lipinski definition) is 5. The van der Waals surface area contributed by atoms with E-state index in [4.69, 9.17) is 4.42 Å². The van der Waals surface area contributed by atoms with E-state index < -0.39 is 0 Å². The lowest BCUT2D eigenvalue weighted by Crippen LogP contribution is -2.42. The predicted octanol–water partition coefficient (Wildman–Crippen LogP) is 2.05. The van der Waals surface area contributed by atoms with Crippen LogP contribution in [-0.4, -0.2) is 50.1 Å². The van der Waals surface area contributed by atoms with Crippen LogP contribution < -0.4 is 10.6 Å². The van der Waals surface area contributed by atoms with E-state index in [0.717, 1.165) is 36.2 Å². The van der Waals surface area contributed by atoms with Crippen molar-refractivity contribution in [3.8, 4) is 0 Å². The Morgan fingerprint density at radius 1 is 1.43 bits per heavy atom. The van der Waals surface area contributed by atoms with Gasteiger partial charge in [0, 0.05) is 37.6 Å². The van der Waals surface area contributed by atoms with Crippen LogP contribution >= 0.6 is 11.3 Å². The molecule has 2 rings (SSSR count). The highest BCUT2D eigenvalue weighted by atomic mass is 32.1. The smallest absolute Gasteiger partial charge is 0.191 e. The van der Waals surface area contributed by atoms with Gasteiger partial charge in [-0.2, -0.15) is 0 Å². The molecular weight excluding hydrogens is 310 g/mol. The number of likely N-dealkylation sites (N-methyl/N-ethyl adjacent to an activating group) is 1. The Hall–Kier alpha value is -1.86. The van der Waals surface area contributed by atoms with Gasteiger partial charge in [0.15, 0.2) is 5.96 Å². The summed E-state index contributed by atoms with van der Waals surface area (Å²) < 4.78 is 5.52. The predicted molar refractivity (Wildman–Crippen MR) is 95.1 cm³/mol. The second-order valence-corrected chi connectivity index (χ2v) is 6.81. The monoisotopic (exact) mass is 335 g/mol. The summed E-state index contributed by atoms with van der Waals surface area (Å²) in [5.74, 6) is 1.73. The lowest BCUT2D eigenvalue weighted by Gasteiger charge is -2.23. The largest absolute Gasteiger partial charge is 0.468 e. The first-order valence-electron chi connectivity index (χ1n) is 7.65. The fraction of sp³-hybridized carbons (Fsp3) is 0.500. The zero-order valence-electron chi connectivity index (χ0n) is 14.2. The second-order valence-electron chi connectivity index (χ2n) is 5.49. The highest BCUT2D eigenvalue weighted by molar-refractivity contribution is 7.11. The van der Waals surface area contributed by atoms with E-state index in [1.807, 2.05) is 32.4 Å². The molecule has 0 radical (unpaired) electrons. The Balaban J connectivity index is 1.79. The molecule has 0 aliphatic carbocycles. The highest BCUT2D eigenvalue weighted by Crippen LogP contribution is 2.17. The van der Waals surface area contributed by atoms with Crippen LogP contribution in [0.1, 0.15) is 21.7 Å². The quantitative estimate of drug-likeness (QED) is 0.599. The minimum atomic E-state index is 0.158. The summed E-state index contributed by atoms with van der Waals surface area (Å²) in [6.07, 6.45) is 4.52. The maximum Gasteiger partial charge on any atom is 0.191 e. The number of thiazole rings is 1. The molecule has 0 fully saturated rings. The van der Waals surface area contributed by atoms with E-state index in [0.29, 0.717) is 0 Å². The molecule has 0 aliphatic rings. The highest BCUT2D eigenvalue weighted by Gasteiger charge is 2.17. The SMILES string of the molecule is CN=C(NCCc1ncc(C)s1)NCC(c1ccco1)N(C)C. The molecule has 0 bridgehead atoms. The molecule has 7 heteroatoms. The first kappa shape index (κ1) is 17.5. The van der Waals surface area contributed by atoms with E-state index in [2.05, 4.69) is 32.4 Å². The minimum absolute atomic E-state index is 0.158. The van der Waals surface area contributed by atoms with Gasteiger partial charge in [0.2, 0.25) is 0 Å². The third-order valence-electron chi connectivity index (χ3n) is 3.48. The van der Waals surface area contributed by atoms with Crippen molar-refractivity contribution in [3.05, 3.63) is 40.2 Å². The van der Waals surface area contributed by atoms with Gasteiger partial charge in [0.1, 0.15) is 5.76 Å². The molecule has 23 heavy (non-hydrogen) atoms. The van der Waals surface area contributed by atoms with E-state index in [1.165, 1.54) is 4.88 Å². The number of aromatic nitrogens is 1. The number of nitrogens with zero attached hydrogens (tertiary/aromatic N) is 3. The van der Waals surface area contributed by atoms with E-state index >= 15 is 0 Å². The maximum absolute atomic E-state index is 5.52. The molecule has 0 saturated carbocycles. The Kier molecular flexibility index (Phi) is 6.61. The summed E-state index contributed by atoms with van der Waals surface area (Å²) in [4.78, 5) is 12.0. The molecule has 1 unspecified atom stereocenters. The molecule has 2 aromatic heterocycles. The van der Waals surface area contributed by atoms with Gasteiger partial charge in [-0.3, -0.25) is 9.89 Å². The first-order chi connectivity index (χ1) is 11.1. The van der Waals surface area contributed by atoms with Gasteiger partial charge >= 0.3 is 0 Å². The number of hydrogen-bond donors (Lipinski definition) is 2. The molecule has 6 nitrogen and oxygen atoms in total. The molecule has 0 aliphatic heterocycles. The lowest BCUT2D eigenvalue weighted by atomic mass is 10.2. The fourth-order valence-corrected chi connectivity index (χ4v) is 3.02. The lowest BCUT2D eigenvalue weighted by molar-refractivity contribution is 0.258. The molecule has 2 N–H and O–H groups in total.